The highest BCUT2D eigenvalue weighted by atomic mass is 32.1. The number of anilines is 1. The first-order valence-electron chi connectivity index (χ1n) is 8.46. The minimum atomic E-state index is 0.621. The maximum atomic E-state index is 5.71. The number of aromatic nitrogens is 4. The van der Waals surface area contributed by atoms with Gasteiger partial charge in [0.1, 0.15) is 0 Å². The van der Waals surface area contributed by atoms with Gasteiger partial charge in [-0.1, -0.05) is 12.1 Å². The van der Waals surface area contributed by atoms with Crippen molar-refractivity contribution in [1.29, 1.82) is 0 Å². The molecule has 0 saturated heterocycles. The molecule has 6 N–H and O–H groups in total. The second-order valence-electron chi connectivity index (χ2n) is 5.98. The Kier molecular flexibility index (Phi) is 4.73. The van der Waals surface area contributed by atoms with E-state index in [0.29, 0.717) is 11.3 Å². The highest BCUT2D eigenvalue weighted by Gasteiger charge is 2.02. The lowest BCUT2D eigenvalue weighted by Gasteiger charge is -2.10. The zero-order chi connectivity index (χ0) is 18.6. The fourth-order valence-corrected chi connectivity index (χ4v) is 3.11. The number of aromatic amines is 2. The highest BCUT2D eigenvalue weighted by molar-refractivity contribution is 7.71. The zero-order valence-corrected chi connectivity index (χ0v) is 15.3. The predicted molar refractivity (Wildman–Crippen MR) is 111 cm³/mol. The molecule has 27 heavy (non-hydrogen) atoms. The minimum absolute atomic E-state index is 0.621. The van der Waals surface area contributed by atoms with E-state index in [1.54, 1.807) is 6.20 Å². The van der Waals surface area contributed by atoms with Crippen LogP contribution in [0.3, 0.4) is 0 Å². The van der Waals surface area contributed by atoms with E-state index in [4.69, 9.17) is 18.1 Å². The molecule has 0 aliphatic heterocycles. The summed E-state index contributed by atoms with van der Waals surface area (Å²) in [7, 11) is 0. The molecule has 8 heteroatoms. The summed E-state index contributed by atoms with van der Waals surface area (Å²) in [6.45, 7) is 0.622. The van der Waals surface area contributed by atoms with Crippen LogP contribution >= 0.6 is 12.2 Å². The Morgan fingerprint density at radius 1 is 1.15 bits per heavy atom. The number of H-pyrrole nitrogens is 2. The molecule has 0 fully saturated rings. The second-order valence-corrected chi connectivity index (χ2v) is 6.39. The zero-order valence-electron chi connectivity index (χ0n) is 14.4. The molecule has 0 bridgehead atoms. The topological polar surface area (TPSA) is 99.5 Å². The number of nitrogens with one attached hydrogen (secondary N) is 4. The van der Waals surface area contributed by atoms with Crippen LogP contribution in [0.15, 0.2) is 67.0 Å². The van der Waals surface area contributed by atoms with Gasteiger partial charge in [0.2, 0.25) is 0 Å². The number of benzene rings is 2. The van der Waals surface area contributed by atoms with Gasteiger partial charge in [0, 0.05) is 24.6 Å². The van der Waals surface area contributed by atoms with Gasteiger partial charge >= 0.3 is 0 Å². The Hall–Kier alpha value is -3.36. The summed E-state index contributed by atoms with van der Waals surface area (Å²) in [6.07, 6.45) is 5.67. The quantitative estimate of drug-likeness (QED) is 0.202. The van der Waals surface area contributed by atoms with Gasteiger partial charge < -0.3 is 20.7 Å². The van der Waals surface area contributed by atoms with Crippen molar-refractivity contribution in [3.63, 3.8) is 0 Å². The summed E-state index contributed by atoms with van der Waals surface area (Å²) in [5.74, 6) is 5.71. The maximum Gasteiger partial charge on any atom is 0.175 e. The number of nitrogens with zero attached hydrogens (tertiary/aromatic N) is 2. The van der Waals surface area contributed by atoms with Crippen molar-refractivity contribution in [3.8, 4) is 5.69 Å². The summed E-state index contributed by atoms with van der Waals surface area (Å²) < 4.78 is 2.43. The second kappa shape index (κ2) is 7.48. The number of hydrazine groups is 1. The van der Waals surface area contributed by atoms with Crippen LogP contribution in [0.5, 0.6) is 0 Å². The molecule has 136 valence electrons. The molecule has 0 aliphatic rings. The molecule has 0 saturated carbocycles. The highest BCUT2D eigenvalue weighted by Crippen LogP contribution is 2.17. The normalized spacial score (nSPS) is 11.7. The SMILES string of the molecule is NN/C(=C\CNc1ccc2[nH]c(=S)[nH]c2c1)c1ccc(-n2cccn2)cc1. The van der Waals surface area contributed by atoms with Gasteiger partial charge in [0.05, 0.1) is 22.4 Å². The van der Waals surface area contributed by atoms with E-state index in [1.807, 2.05) is 65.5 Å². The lowest BCUT2D eigenvalue weighted by molar-refractivity contribution is 0.880. The molecule has 0 spiro atoms. The van der Waals surface area contributed by atoms with Crippen LogP contribution in [-0.4, -0.2) is 26.3 Å². The molecule has 2 aromatic heterocycles. The van der Waals surface area contributed by atoms with Gasteiger partial charge in [-0.05, 0) is 60.3 Å². The van der Waals surface area contributed by atoms with Crippen LogP contribution in [0.2, 0.25) is 0 Å². The van der Waals surface area contributed by atoms with Crippen LogP contribution in [0, 0.1) is 4.77 Å². The minimum Gasteiger partial charge on any atom is -0.381 e. The molecule has 0 atom stereocenters. The monoisotopic (exact) mass is 377 g/mol. The smallest absolute Gasteiger partial charge is 0.175 e. The van der Waals surface area contributed by atoms with Gasteiger partial charge in [-0.25, -0.2) is 4.68 Å². The first-order chi connectivity index (χ1) is 13.2. The third-order valence-electron chi connectivity index (χ3n) is 4.23. The number of fused-ring (bicyclic) bond motifs is 1. The molecule has 2 aromatic carbocycles. The molecule has 0 aliphatic carbocycles. The summed E-state index contributed by atoms with van der Waals surface area (Å²) in [5, 5.41) is 7.59. The molecular weight excluding hydrogens is 358 g/mol. The summed E-state index contributed by atoms with van der Waals surface area (Å²) in [6, 6.07) is 15.9. The summed E-state index contributed by atoms with van der Waals surface area (Å²) in [5.41, 5.74) is 8.56. The van der Waals surface area contributed by atoms with E-state index < -0.39 is 0 Å². The molecular formula is C19H19N7S. The van der Waals surface area contributed by atoms with E-state index in [-0.39, 0.29) is 0 Å². The first-order valence-corrected chi connectivity index (χ1v) is 8.87. The van der Waals surface area contributed by atoms with Crippen LogP contribution < -0.4 is 16.6 Å². The number of nitrogens with two attached hydrogens (primary N) is 1. The summed E-state index contributed by atoms with van der Waals surface area (Å²) >= 11 is 5.11. The Morgan fingerprint density at radius 2 is 1.96 bits per heavy atom. The molecule has 2 heterocycles. The van der Waals surface area contributed by atoms with E-state index in [1.165, 1.54) is 0 Å². The number of rotatable bonds is 6. The van der Waals surface area contributed by atoms with Crippen molar-refractivity contribution < 1.29 is 0 Å². The molecule has 7 nitrogen and oxygen atoms in total. The average molecular weight is 377 g/mol. The third-order valence-corrected chi connectivity index (χ3v) is 4.44. The Morgan fingerprint density at radius 3 is 2.70 bits per heavy atom. The van der Waals surface area contributed by atoms with Gasteiger partial charge in [0.25, 0.3) is 0 Å². The van der Waals surface area contributed by atoms with E-state index in [0.717, 1.165) is 33.7 Å². The van der Waals surface area contributed by atoms with Crippen LogP contribution in [-0.2, 0) is 0 Å². The molecule has 4 rings (SSSR count). The molecule has 0 radical (unpaired) electrons. The standard InChI is InChI=1S/C19H19N7S/c20-25-16(13-2-5-15(6-3-13)26-11-1-9-22-26)8-10-21-14-4-7-17-18(12-14)24-19(27)23-17/h1-9,11-12,21,25H,10,20H2,(H2,23,24,27)/b16-8-. The van der Waals surface area contributed by atoms with Gasteiger partial charge in [-0.3, -0.25) is 5.84 Å². The summed E-state index contributed by atoms with van der Waals surface area (Å²) in [4.78, 5) is 6.21. The van der Waals surface area contributed by atoms with Crippen molar-refractivity contribution in [1.82, 2.24) is 25.2 Å². The maximum absolute atomic E-state index is 5.71. The first kappa shape index (κ1) is 17.1. The molecule has 0 unspecified atom stereocenters. The van der Waals surface area contributed by atoms with Crippen LogP contribution in [0.25, 0.3) is 22.4 Å². The van der Waals surface area contributed by atoms with Crippen molar-refractivity contribution in [2.24, 2.45) is 5.84 Å². The van der Waals surface area contributed by atoms with Crippen molar-refractivity contribution in [2.45, 2.75) is 0 Å². The van der Waals surface area contributed by atoms with Crippen LogP contribution in [0.4, 0.5) is 5.69 Å². The van der Waals surface area contributed by atoms with Crippen molar-refractivity contribution in [2.75, 3.05) is 11.9 Å². The van der Waals surface area contributed by atoms with Gasteiger partial charge in [-0.15, -0.1) is 0 Å². The molecule has 0 amide bonds. The van der Waals surface area contributed by atoms with E-state index in [2.05, 4.69) is 25.8 Å². The Bertz CT molecular complexity index is 1120. The van der Waals surface area contributed by atoms with E-state index >= 15 is 0 Å². The average Bonchev–Trinajstić information content (AvgIpc) is 3.34. The number of hydrogen-bond donors (Lipinski definition) is 5. The van der Waals surface area contributed by atoms with Gasteiger partial charge in [-0.2, -0.15) is 5.10 Å². The lowest BCUT2D eigenvalue weighted by atomic mass is 10.1. The predicted octanol–water partition coefficient (Wildman–Crippen LogP) is 3.33. The van der Waals surface area contributed by atoms with Gasteiger partial charge in [0.15, 0.2) is 4.77 Å². The Balaban J connectivity index is 1.46. The fraction of sp³-hybridized carbons (Fsp3) is 0.0526. The van der Waals surface area contributed by atoms with E-state index in [9.17, 15) is 0 Å². The number of imidazole rings is 1. The molecule has 4 aromatic rings. The largest absolute Gasteiger partial charge is 0.381 e. The van der Waals surface area contributed by atoms with Crippen molar-refractivity contribution in [3.05, 3.63) is 77.3 Å². The lowest BCUT2D eigenvalue weighted by Crippen LogP contribution is -2.20. The fourth-order valence-electron chi connectivity index (χ4n) is 2.89. The third kappa shape index (κ3) is 3.76. The Labute approximate surface area is 160 Å². The van der Waals surface area contributed by atoms with Crippen molar-refractivity contribution >= 4 is 34.6 Å². The number of hydrogen-bond acceptors (Lipinski definition) is 5. The van der Waals surface area contributed by atoms with Crippen LogP contribution in [0.1, 0.15) is 5.56 Å².